The lowest BCUT2D eigenvalue weighted by Crippen LogP contribution is -2.10. The van der Waals surface area contributed by atoms with Gasteiger partial charge in [0.25, 0.3) is 0 Å². The molecule has 0 saturated carbocycles. The van der Waals surface area contributed by atoms with Crippen molar-refractivity contribution in [1.29, 1.82) is 0 Å². The first-order valence-electron chi connectivity index (χ1n) is 6.27. The van der Waals surface area contributed by atoms with Crippen molar-refractivity contribution in [1.82, 2.24) is 15.0 Å². The van der Waals surface area contributed by atoms with Gasteiger partial charge < -0.3 is 5.43 Å². The summed E-state index contributed by atoms with van der Waals surface area (Å²) in [6.45, 7) is 6.14. The highest BCUT2D eigenvalue weighted by atomic mass is 32.1. The van der Waals surface area contributed by atoms with Gasteiger partial charge in [0.2, 0.25) is 0 Å². The number of nitrogens with one attached hydrogen (secondary N) is 1. The number of anilines is 1. The summed E-state index contributed by atoms with van der Waals surface area (Å²) >= 11 is 1.66. The highest BCUT2D eigenvalue weighted by molar-refractivity contribution is 7.18. The van der Waals surface area contributed by atoms with Crippen molar-refractivity contribution in [2.75, 3.05) is 5.43 Å². The molecule has 5 nitrogen and oxygen atoms in total. The maximum atomic E-state index is 5.63. The SMILES string of the molecule is Cc1cnccc1-c1nc(NN)c2c(C)c(C)sc2n1. The molecule has 0 radical (unpaired) electrons. The molecule has 0 aromatic carbocycles. The van der Waals surface area contributed by atoms with E-state index in [1.807, 2.05) is 19.2 Å². The monoisotopic (exact) mass is 285 g/mol. The Morgan fingerprint density at radius 2 is 2.00 bits per heavy atom. The van der Waals surface area contributed by atoms with Crippen molar-refractivity contribution in [2.24, 2.45) is 5.84 Å². The quantitative estimate of drug-likeness (QED) is 0.559. The van der Waals surface area contributed by atoms with Gasteiger partial charge in [-0.05, 0) is 38.0 Å². The van der Waals surface area contributed by atoms with Crippen LogP contribution in [0.4, 0.5) is 5.82 Å². The first-order chi connectivity index (χ1) is 9.61. The molecule has 0 bridgehead atoms. The average Bonchev–Trinajstić information content (AvgIpc) is 2.73. The summed E-state index contributed by atoms with van der Waals surface area (Å²) in [6, 6.07) is 1.92. The lowest BCUT2D eigenvalue weighted by atomic mass is 10.1. The van der Waals surface area contributed by atoms with Gasteiger partial charge in [0, 0.05) is 22.8 Å². The second kappa shape index (κ2) is 4.81. The van der Waals surface area contributed by atoms with Crippen molar-refractivity contribution in [3.63, 3.8) is 0 Å². The number of aryl methyl sites for hydroxylation is 3. The van der Waals surface area contributed by atoms with E-state index in [4.69, 9.17) is 5.84 Å². The first-order valence-corrected chi connectivity index (χ1v) is 7.08. The number of nitrogen functional groups attached to an aromatic ring is 1. The number of rotatable bonds is 2. The third-order valence-corrected chi connectivity index (χ3v) is 4.53. The van der Waals surface area contributed by atoms with Gasteiger partial charge in [0.05, 0.1) is 5.39 Å². The number of pyridine rings is 1. The number of hydrogen-bond acceptors (Lipinski definition) is 6. The van der Waals surface area contributed by atoms with E-state index < -0.39 is 0 Å². The van der Waals surface area contributed by atoms with Gasteiger partial charge in [0.15, 0.2) is 11.6 Å². The van der Waals surface area contributed by atoms with Crippen LogP contribution in [0.2, 0.25) is 0 Å². The molecule has 0 aliphatic rings. The molecule has 0 fully saturated rings. The summed E-state index contributed by atoms with van der Waals surface area (Å²) in [7, 11) is 0. The van der Waals surface area contributed by atoms with E-state index in [1.54, 1.807) is 17.5 Å². The zero-order chi connectivity index (χ0) is 14.3. The van der Waals surface area contributed by atoms with Gasteiger partial charge in [-0.2, -0.15) is 0 Å². The van der Waals surface area contributed by atoms with E-state index in [0.717, 1.165) is 21.3 Å². The number of nitrogens with zero attached hydrogens (tertiary/aromatic N) is 3. The first kappa shape index (κ1) is 13.0. The molecule has 0 aliphatic carbocycles. The Labute approximate surface area is 120 Å². The molecular formula is C14H15N5S. The lowest BCUT2D eigenvalue weighted by Gasteiger charge is -2.07. The van der Waals surface area contributed by atoms with E-state index >= 15 is 0 Å². The second-order valence-corrected chi connectivity index (χ2v) is 5.90. The van der Waals surface area contributed by atoms with Crippen LogP contribution in [0.25, 0.3) is 21.6 Å². The van der Waals surface area contributed by atoms with Crippen LogP contribution in [0.5, 0.6) is 0 Å². The molecule has 3 aromatic heterocycles. The summed E-state index contributed by atoms with van der Waals surface area (Å²) in [5.74, 6) is 6.97. The average molecular weight is 285 g/mol. The fourth-order valence-electron chi connectivity index (χ4n) is 2.20. The molecule has 20 heavy (non-hydrogen) atoms. The molecule has 102 valence electrons. The van der Waals surface area contributed by atoms with Crippen LogP contribution in [-0.2, 0) is 0 Å². The Kier molecular flexibility index (Phi) is 3.11. The minimum atomic E-state index is 0.670. The molecule has 3 N–H and O–H groups in total. The Morgan fingerprint density at radius 1 is 1.20 bits per heavy atom. The number of nitrogens with two attached hydrogens (primary N) is 1. The van der Waals surface area contributed by atoms with Crippen molar-refractivity contribution in [3.8, 4) is 11.4 Å². The molecule has 0 spiro atoms. The van der Waals surface area contributed by atoms with Crippen LogP contribution in [0.3, 0.4) is 0 Å². The molecule has 0 atom stereocenters. The van der Waals surface area contributed by atoms with E-state index in [0.29, 0.717) is 11.6 Å². The zero-order valence-electron chi connectivity index (χ0n) is 11.6. The molecule has 0 unspecified atom stereocenters. The fraction of sp³-hybridized carbons (Fsp3) is 0.214. The van der Waals surface area contributed by atoms with Crippen molar-refractivity contribution >= 4 is 27.4 Å². The number of thiophene rings is 1. The topological polar surface area (TPSA) is 76.7 Å². The van der Waals surface area contributed by atoms with Crippen molar-refractivity contribution in [3.05, 3.63) is 34.5 Å². The number of aromatic nitrogens is 3. The van der Waals surface area contributed by atoms with Crippen LogP contribution in [0, 0.1) is 20.8 Å². The third kappa shape index (κ3) is 1.93. The van der Waals surface area contributed by atoms with Crippen molar-refractivity contribution < 1.29 is 0 Å². The standard InChI is InChI=1S/C14H15N5S/c1-7-6-16-5-4-10(7)12-17-13(19-15)11-8(2)9(3)20-14(11)18-12/h4-6H,15H2,1-3H3,(H,17,18,19). The second-order valence-electron chi connectivity index (χ2n) is 4.69. The van der Waals surface area contributed by atoms with Gasteiger partial charge in [-0.1, -0.05) is 0 Å². The zero-order valence-corrected chi connectivity index (χ0v) is 12.4. The predicted octanol–water partition coefficient (Wildman–Crippen LogP) is 2.96. The largest absolute Gasteiger partial charge is 0.308 e. The number of hydrazine groups is 1. The van der Waals surface area contributed by atoms with Gasteiger partial charge in [-0.15, -0.1) is 11.3 Å². The summed E-state index contributed by atoms with van der Waals surface area (Å²) in [5, 5.41) is 1.01. The summed E-state index contributed by atoms with van der Waals surface area (Å²) < 4.78 is 0. The predicted molar refractivity (Wildman–Crippen MR) is 82.7 cm³/mol. The number of fused-ring (bicyclic) bond motifs is 1. The van der Waals surface area contributed by atoms with Gasteiger partial charge in [-0.25, -0.2) is 15.8 Å². The molecule has 3 aromatic rings. The Morgan fingerprint density at radius 3 is 2.70 bits per heavy atom. The highest BCUT2D eigenvalue weighted by Gasteiger charge is 2.15. The third-order valence-electron chi connectivity index (χ3n) is 3.43. The van der Waals surface area contributed by atoms with E-state index in [-0.39, 0.29) is 0 Å². The summed E-state index contributed by atoms with van der Waals surface area (Å²) in [4.78, 5) is 15.5. The Bertz CT molecular complexity index is 794. The fourth-order valence-corrected chi connectivity index (χ4v) is 3.23. The normalized spacial score (nSPS) is 11.0. The van der Waals surface area contributed by atoms with Crippen LogP contribution in [0.1, 0.15) is 16.0 Å². The minimum Gasteiger partial charge on any atom is -0.308 e. The van der Waals surface area contributed by atoms with Crippen LogP contribution in [-0.4, -0.2) is 15.0 Å². The smallest absolute Gasteiger partial charge is 0.163 e. The summed E-state index contributed by atoms with van der Waals surface area (Å²) in [6.07, 6.45) is 3.56. The Balaban J connectivity index is 2.32. The Hall–Kier alpha value is -2.05. The van der Waals surface area contributed by atoms with Gasteiger partial charge in [0.1, 0.15) is 4.83 Å². The lowest BCUT2D eigenvalue weighted by molar-refractivity contribution is 1.17. The maximum absolute atomic E-state index is 5.63. The highest BCUT2D eigenvalue weighted by Crippen LogP contribution is 2.34. The molecule has 6 heteroatoms. The molecular weight excluding hydrogens is 270 g/mol. The molecule has 3 rings (SSSR count). The van der Waals surface area contributed by atoms with Crippen LogP contribution >= 0.6 is 11.3 Å². The molecule has 3 heterocycles. The van der Waals surface area contributed by atoms with E-state index in [2.05, 4.69) is 34.2 Å². The van der Waals surface area contributed by atoms with Gasteiger partial charge >= 0.3 is 0 Å². The van der Waals surface area contributed by atoms with Crippen LogP contribution < -0.4 is 11.3 Å². The maximum Gasteiger partial charge on any atom is 0.163 e. The molecule has 0 amide bonds. The van der Waals surface area contributed by atoms with Crippen LogP contribution in [0.15, 0.2) is 18.5 Å². The van der Waals surface area contributed by atoms with Crippen molar-refractivity contribution in [2.45, 2.75) is 20.8 Å². The minimum absolute atomic E-state index is 0.670. The van der Waals surface area contributed by atoms with E-state index in [9.17, 15) is 0 Å². The summed E-state index contributed by atoms with van der Waals surface area (Å²) in [5.41, 5.74) is 5.89. The number of hydrogen-bond donors (Lipinski definition) is 2. The molecule has 0 aliphatic heterocycles. The molecule has 0 saturated heterocycles. The van der Waals surface area contributed by atoms with Gasteiger partial charge in [-0.3, -0.25) is 4.98 Å². The van der Waals surface area contributed by atoms with E-state index in [1.165, 1.54) is 10.4 Å².